The maximum absolute atomic E-state index is 12.2. The fraction of sp³-hybridized carbons (Fsp3) is 0.150. The van der Waals surface area contributed by atoms with Crippen LogP contribution in [0.3, 0.4) is 0 Å². The molecule has 144 valence electrons. The summed E-state index contributed by atoms with van der Waals surface area (Å²) >= 11 is 1.16. The molecular formula is C20H18N2O5S. The van der Waals surface area contributed by atoms with E-state index < -0.39 is 5.97 Å². The molecule has 1 aromatic heterocycles. The second kappa shape index (κ2) is 8.62. The SMILES string of the molecule is COC(=O)C1=C(O)C(=Cc2ccccn2)SC1=Nc1ccc(OC)c(OC)c1. The topological polar surface area (TPSA) is 90.2 Å². The van der Waals surface area contributed by atoms with Gasteiger partial charge in [0.05, 0.1) is 37.6 Å². The van der Waals surface area contributed by atoms with E-state index in [2.05, 4.69) is 9.98 Å². The van der Waals surface area contributed by atoms with E-state index in [-0.39, 0.29) is 11.3 Å². The molecule has 0 unspecified atom stereocenters. The molecule has 0 fully saturated rings. The highest BCUT2D eigenvalue weighted by molar-refractivity contribution is 8.18. The molecule has 7 nitrogen and oxygen atoms in total. The van der Waals surface area contributed by atoms with Gasteiger partial charge < -0.3 is 19.3 Å². The lowest BCUT2D eigenvalue weighted by molar-refractivity contribution is -0.135. The number of carbonyl (C=O) groups is 1. The second-order valence-electron chi connectivity index (χ2n) is 5.54. The molecular weight excluding hydrogens is 380 g/mol. The second-order valence-corrected chi connectivity index (χ2v) is 6.57. The van der Waals surface area contributed by atoms with Gasteiger partial charge in [0.15, 0.2) is 11.5 Å². The maximum Gasteiger partial charge on any atom is 0.344 e. The number of rotatable bonds is 5. The Balaban J connectivity index is 2.04. The number of pyridine rings is 1. The average Bonchev–Trinajstić information content (AvgIpc) is 3.02. The fourth-order valence-corrected chi connectivity index (χ4v) is 3.52. The average molecular weight is 398 g/mol. The third-order valence-corrected chi connectivity index (χ3v) is 4.86. The molecule has 2 aromatic rings. The third kappa shape index (κ3) is 4.01. The third-order valence-electron chi connectivity index (χ3n) is 3.84. The molecule has 1 N–H and O–H groups in total. The van der Waals surface area contributed by atoms with Gasteiger partial charge in [0.25, 0.3) is 0 Å². The van der Waals surface area contributed by atoms with Gasteiger partial charge in [-0.3, -0.25) is 4.98 Å². The van der Waals surface area contributed by atoms with E-state index in [0.717, 1.165) is 11.8 Å². The minimum Gasteiger partial charge on any atom is -0.506 e. The van der Waals surface area contributed by atoms with Crippen LogP contribution in [0, 0.1) is 0 Å². The summed E-state index contributed by atoms with van der Waals surface area (Å²) in [5.74, 6) is 0.202. The van der Waals surface area contributed by atoms with E-state index in [1.54, 1.807) is 49.7 Å². The number of aliphatic hydroxyl groups is 1. The molecule has 0 saturated carbocycles. The summed E-state index contributed by atoms with van der Waals surface area (Å²) < 4.78 is 15.3. The molecule has 0 saturated heterocycles. The Labute approximate surface area is 166 Å². The molecule has 3 rings (SSSR count). The van der Waals surface area contributed by atoms with Crippen molar-refractivity contribution in [2.45, 2.75) is 0 Å². The number of carbonyl (C=O) groups excluding carboxylic acids is 1. The Morgan fingerprint density at radius 2 is 1.93 bits per heavy atom. The van der Waals surface area contributed by atoms with E-state index >= 15 is 0 Å². The van der Waals surface area contributed by atoms with Crippen molar-refractivity contribution in [3.8, 4) is 11.5 Å². The van der Waals surface area contributed by atoms with E-state index in [1.165, 1.54) is 14.2 Å². The number of aliphatic imine (C=N–C) groups is 1. The molecule has 0 atom stereocenters. The predicted octanol–water partition coefficient (Wildman–Crippen LogP) is 3.90. The first kappa shape index (κ1) is 19.5. The van der Waals surface area contributed by atoms with Crippen LogP contribution >= 0.6 is 11.8 Å². The molecule has 0 bridgehead atoms. The van der Waals surface area contributed by atoms with Gasteiger partial charge in [-0.1, -0.05) is 17.8 Å². The Kier molecular flexibility index (Phi) is 6.00. The van der Waals surface area contributed by atoms with Crippen LogP contribution in [0.15, 0.2) is 63.8 Å². The van der Waals surface area contributed by atoms with Gasteiger partial charge in [0.1, 0.15) is 16.4 Å². The zero-order valence-corrected chi connectivity index (χ0v) is 16.3. The fourth-order valence-electron chi connectivity index (χ4n) is 2.50. The quantitative estimate of drug-likeness (QED) is 0.764. The van der Waals surface area contributed by atoms with Crippen LogP contribution in [-0.2, 0) is 9.53 Å². The number of aromatic nitrogens is 1. The van der Waals surface area contributed by atoms with Crippen molar-refractivity contribution < 1.29 is 24.1 Å². The van der Waals surface area contributed by atoms with Crippen molar-refractivity contribution in [2.24, 2.45) is 4.99 Å². The lowest BCUT2D eigenvalue weighted by Gasteiger charge is -2.08. The summed E-state index contributed by atoms with van der Waals surface area (Å²) in [6.45, 7) is 0. The van der Waals surface area contributed by atoms with Crippen LogP contribution in [0.25, 0.3) is 6.08 Å². The van der Waals surface area contributed by atoms with Crippen molar-refractivity contribution in [3.05, 3.63) is 64.5 Å². The highest BCUT2D eigenvalue weighted by Gasteiger charge is 2.33. The summed E-state index contributed by atoms with van der Waals surface area (Å²) in [5, 5.41) is 10.9. The number of thioether (sulfide) groups is 1. The van der Waals surface area contributed by atoms with Crippen LogP contribution in [0.1, 0.15) is 5.69 Å². The van der Waals surface area contributed by atoms with Crippen LogP contribution in [0.2, 0.25) is 0 Å². The van der Waals surface area contributed by atoms with Gasteiger partial charge in [-0.25, -0.2) is 9.79 Å². The van der Waals surface area contributed by atoms with Crippen molar-refractivity contribution in [1.29, 1.82) is 0 Å². The summed E-state index contributed by atoms with van der Waals surface area (Å²) in [5.41, 5.74) is 1.19. The van der Waals surface area contributed by atoms with Gasteiger partial charge >= 0.3 is 5.97 Å². The van der Waals surface area contributed by atoms with Crippen LogP contribution in [0.5, 0.6) is 11.5 Å². The summed E-state index contributed by atoms with van der Waals surface area (Å²) in [7, 11) is 4.32. The van der Waals surface area contributed by atoms with Crippen molar-refractivity contribution in [3.63, 3.8) is 0 Å². The number of esters is 1. The summed E-state index contributed by atoms with van der Waals surface area (Å²) in [6, 6.07) is 10.5. The highest BCUT2D eigenvalue weighted by atomic mass is 32.2. The Bertz CT molecular complexity index is 983. The summed E-state index contributed by atoms with van der Waals surface area (Å²) in [6.07, 6.45) is 3.33. The molecule has 1 aliphatic heterocycles. The number of hydrogen-bond donors (Lipinski definition) is 1. The zero-order chi connectivity index (χ0) is 20.1. The monoisotopic (exact) mass is 398 g/mol. The van der Waals surface area contributed by atoms with Crippen LogP contribution in [0.4, 0.5) is 5.69 Å². The van der Waals surface area contributed by atoms with E-state index in [0.29, 0.717) is 32.8 Å². The normalized spacial score (nSPS) is 16.5. The van der Waals surface area contributed by atoms with Gasteiger partial charge in [0, 0.05) is 12.3 Å². The zero-order valence-electron chi connectivity index (χ0n) is 15.5. The Morgan fingerprint density at radius 3 is 2.57 bits per heavy atom. The molecule has 28 heavy (non-hydrogen) atoms. The van der Waals surface area contributed by atoms with Crippen molar-refractivity contribution in [1.82, 2.24) is 4.98 Å². The Morgan fingerprint density at radius 1 is 1.14 bits per heavy atom. The number of benzene rings is 1. The molecule has 1 aliphatic rings. The van der Waals surface area contributed by atoms with E-state index in [9.17, 15) is 9.90 Å². The summed E-state index contributed by atoms with van der Waals surface area (Å²) in [4.78, 5) is 21.4. The first-order valence-corrected chi connectivity index (χ1v) is 9.02. The maximum atomic E-state index is 12.2. The number of aliphatic hydroxyl groups excluding tert-OH is 1. The Hall–Kier alpha value is -3.26. The molecule has 0 radical (unpaired) electrons. The first-order valence-electron chi connectivity index (χ1n) is 8.21. The van der Waals surface area contributed by atoms with Gasteiger partial charge in [0.2, 0.25) is 0 Å². The molecule has 0 spiro atoms. The standard InChI is InChI=1S/C20H18N2O5S/c1-25-14-8-7-13(10-15(14)26-2)22-19-17(20(24)27-3)18(23)16(28-19)11-12-6-4-5-9-21-12/h4-11,23H,1-3H3. The molecule has 1 aromatic carbocycles. The van der Waals surface area contributed by atoms with Crippen molar-refractivity contribution >= 4 is 34.5 Å². The number of ether oxygens (including phenoxy) is 3. The van der Waals surface area contributed by atoms with E-state index in [1.807, 2.05) is 6.07 Å². The van der Waals surface area contributed by atoms with Crippen LogP contribution < -0.4 is 9.47 Å². The molecule has 8 heteroatoms. The van der Waals surface area contributed by atoms with Crippen molar-refractivity contribution in [2.75, 3.05) is 21.3 Å². The van der Waals surface area contributed by atoms with Gasteiger partial charge in [-0.05, 0) is 30.3 Å². The minimum atomic E-state index is -0.673. The number of nitrogens with zero attached hydrogens (tertiary/aromatic N) is 2. The first-order chi connectivity index (χ1) is 13.6. The lowest BCUT2D eigenvalue weighted by Crippen LogP contribution is -2.10. The minimum absolute atomic E-state index is 0.00414. The highest BCUT2D eigenvalue weighted by Crippen LogP contribution is 2.41. The number of methoxy groups -OCH3 is 3. The molecule has 0 amide bonds. The largest absolute Gasteiger partial charge is 0.506 e. The predicted molar refractivity (Wildman–Crippen MR) is 108 cm³/mol. The molecule has 2 heterocycles. The lowest BCUT2D eigenvalue weighted by atomic mass is 10.2. The van der Waals surface area contributed by atoms with Gasteiger partial charge in [-0.2, -0.15) is 0 Å². The molecule has 0 aliphatic carbocycles. The number of hydrogen-bond acceptors (Lipinski definition) is 8. The smallest absolute Gasteiger partial charge is 0.344 e. The van der Waals surface area contributed by atoms with Crippen LogP contribution in [-0.4, -0.2) is 42.4 Å². The van der Waals surface area contributed by atoms with Gasteiger partial charge in [-0.15, -0.1) is 0 Å². The van der Waals surface area contributed by atoms with E-state index in [4.69, 9.17) is 14.2 Å².